The summed E-state index contributed by atoms with van der Waals surface area (Å²) in [6.07, 6.45) is 17.1. The maximum atomic E-state index is 2.17. The molecule has 0 aliphatic carbocycles. The lowest BCUT2D eigenvalue weighted by Crippen LogP contribution is -2.12. The van der Waals surface area contributed by atoms with Gasteiger partial charge >= 0.3 is 0 Å². The van der Waals surface area contributed by atoms with Crippen molar-refractivity contribution in [3.05, 3.63) is 60.3 Å². The van der Waals surface area contributed by atoms with E-state index in [2.05, 4.69) is 72.8 Å². The summed E-state index contributed by atoms with van der Waals surface area (Å²) in [6, 6.07) is 0. The molecule has 2 rings (SSSR count). The van der Waals surface area contributed by atoms with Gasteiger partial charge in [-0.3, -0.25) is 0 Å². The number of hydrogen-bond donors (Lipinski definition) is 0. The number of nitrogens with zero attached hydrogens (tertiary/aromatic N) is 2. The molecule has 2 heterocycles. The van der Waals surface area contributed by atoms with Crippen molar-refractivity contribution in [2.75, 3.05) is 13.1 Å². The Labute approximate surface area is 97.5 Å². The molecule has 0 aromatic carbocycles. The van der Waals surface area contributed by atoms with Gasteiger partial charge in [0.15, 0.2) is 0 Å². The maximum absolute atomic E-state index is 2.17. The first kappa shape index (κ1) is 10.8. The Kier molecular flexibility index (Phi) is 3.30. The molecule has 0 atom stereocenters. The molecular formula is C14H18N2. The summed E-state index contributed by atoms with van der Waals surface area (Å²) in [7, 11) is 0. The summed E-state index contributed by atoms with van der Waals surface area (Å²) >= 11 is 0. The topological polar surface area (TPSA) is 6.48 Å². The van der Waals surface area contributed by atoms with Gasteiger partial charge in [-0.15, -0.1) is 0 Å². The molecule has 0 aromatic rings. The third-order valence-electron chi connectivity index (χ3n) is 2.85. The third kappa shape index (κ3) is 2.27. The molecule has 0 aromatic heterocycles. The molecule has 0 amide bonds. The van der Waals surface area contributed by atoms with E-state index in [9.17, 15) is 0 Å². The highest BCUT2D eigenvalue weighted by Crippen LogP contribution is 2.19. The van der Waals surface area contributed by atoms with Crippen molar-refractivity contribution in [3.8, 4) is 0 Å². The van der Waals surface area contributed by atoms with Crippen LogP contribution in [0, 0.1) is 0 Å². The smallest absolute Gasteiger partial charge is 0.0191 e. The molecule has 2 aliphatic heterocycles. The Balaban J connectivity index is 2.15. The minimum Gasteiger partial charge on any atom is -0.354 e. The van der Waals surface area contributed by atoms with E-state index in [1.54, 1.807) is 0 Å². The standard InChI is InChI=1S/C14H18N2/c1-3-15-9-5-13(6-10-15)14-7-11-16(4-2)12-8-14/h5-12H,3-4H2,1-2H3. The first-order chi connectivity index (χ1) is 7.83. The predicted octanol–water partition coefficient (Wildman–Crippen LogP) is 3.01. The molecule has 0 N–H and O–H groups in total. The van der Waals surface area contributed by atoms with Crippen LogP contribution in [0.1, 0.15) is 13.8 Å². The molecule has 0 spiro atoms. The molecule has 0 radical (unpaired) electrons. The van der Waals surface area contributed by atoms with Crippen LogP contribution in [-0.4, -0.2) is 22.9 Å². The zero-order valence-corrected chi connectivity index (χ0v) is 9.93. The van der Waals surface area contributed by atoms with Gasteiger partial charge < -0.3 is 9.80 Å². The molecule has 0 saturated carbocycles. The van der Waals surface area contributed by atoms with Crippen LogP contribution >= 0.6 is 0 Å². The van der Waals surface area contributed by atoms with E-state index >= 15 is 0 Å². The zero-order valence-electron chi connectivity index (χ0n) is 9.93. The average Bonchev–Trinajstić information content (AvgIpc) is 2.39. The average molecular weight is 214 g/mol. The van der Waals surface area contributed by atoms with E-state index in [-0.39, 0.29) is 0 Å². The van der Waals surface area contributed by atoms with E-state index in [4.69, 9.17) is 0 Å². The summed E-state index contributed by atoms with van der Waals surface area (Å²) in [5, 5.41) is 0. The second-order valence-corrected chi connectivity index (χ2v) is 3.83. The second-order valence-electron chi connectivity index (χ2n) is 3.83. The van der Waals surface area contributed by atoms with Crippen molar-refractivity contribution in [2.45, 2.75) is 13.8 Å². The molecule has 0 unspecified atom stereocenters. The van der Waals surface area contributed by atoms with Crippen LogP contribution in [-0.2, 0) is 0 Å². The number of hydrogen-bond acceptors (Lipinski definition) is 2. The second kappa shape index (κ2) is 4.88. The molecule has 16 heavy (non-hydrogen) atoms. The summed E-state index contributed by atoms with van der Waals surface area (Å²) in [6.45, 7) is 6.33. The van der Waals surface area contributed by atoms with E-state index < -0.39 is 0 Å². The van der Waals surface area contributed by atoms with Crippen molar-refractivity contribution in [1.29, 1.82) is 0 Å². The van der Waals surface area contributed by atoms with E-state index in [0.717, 1.165) is 13.1 Å². The predicted molar refractivity (Wildman–Crippen MR) is 68.3 cm³/mol. The van der Waals surface area contributed by atoms with Gasteiger partial charge in [0.2, 0.25) is 0 Å². The van der Waals surface area contributed by atoms with Gasteiger partial charge in [0.1, 0.15) is 0 Å². The van der Waals surface area contributed by atoms with Gasteiger partial charge in [0.05, 0.1) is 0 Å². The van der Waals surface area contributed by atoms with Crippen LogP contribution in [0.3, 0.4) is 0 Å². The molecule has 0 fully saturated rings. The van der Waals surface area contributed by atoms with Gasteiger partial charge in [-0.25, -0.2) is 0 Å². The van der Waals surface area contributed by atoms with Gasteiger partial charge in [-0.1, -0.05) is 0 Å². The Morgan fingerprint density at radius 1 is 0.688 bits per heavy atom. The largest absolute Gasteiger partial charge is 0.354 e. The lowest BCUT2D eigenvalue weighted by atomic mass is 10.0. The monoisotopic (exact) mass is 214 g/mol. The summed E-state index contributed by atoms with van der Waals surface area (Å²) in [4.78, 5) is 4.33. The quantitative estimate of drug-likeness (QED) is 0.697. The minimum absolute atomic E-state index is 1.02. The van der Waals surface area contributed by atoms with E-state index in [0.29, 0.717) is 0 Å². The number of rotatable bonds is 2. The Morgan fingerprint density at radius 2 is 1.00 bits per heavy atom. The molecule has 0 bridgehead atoms. The Bertz CT molecular complexity index is 327. The molecule has 0 saturated heterocycles. The Morgan fingerprint density at radius 3 is 1.25 bits per heavy atom. The lowest BCUT2D eigenvalue weighted by molar-refractivity contribution is 0.530. The van der Waals surface area contributed by atoms with Crippen LogP contribution in [0.5, 0.6) is 0 Å². The molecule has 2 aliphatic rings. The highest BCUT2D eigenvalue weighted by Gasteiger charge is 2.04. The number of allylic oxidation sites excluding steroid dienone is 6. The first-order valence-electron chi connectivity index (χ1n) is 5.82. The fourth-order valence-electron chi connectivity index (χ4n) is 1.72. The van der Waals surface area contributed by atoms with Crippen LogP contribution in [0.15, 0.2) is 60.3 Å². The van der Waals surface area contributed by atoms with Gasteiger partial charge in [0, 0.05) is 37.9 Å². The SMILES string of the molecule is CCN1C=CC(=C2C=CN(CC)C=C2)C=C1. The van der Waals surface area contributed by atoms with Crippen LogP contribution < -0.4 is 0 Å². The van der Waals surface area contributed by atoms with Crippen LogP contribution in [0.4, 0.5) is 0 Å². The highest BCUT2D eigenvalue weighted by molar-refractivity contribution is 5.48. The van der Waals surface area contributed by atoms with E-state index in [1.807, 2.05) is 0 Å². The molecule has 84 valence electrons. The molecule has 2 heteroatoms. The van der Waals surface area contributed by atoms with Crippen LogP contribution in [0.2, 0.25) is 0 Å². The minimum atomic E-state index is 1.02. The summed E-state index contributed by atoms with van der Waals surface area (Å²) in [5.74, 6) is 0. The highest BCUT2D eigenvalue weighted by atomic mass is 15.1. The summed E-state index contributed by atoms with van der Waals surface area (Å²) < 4.78 is 0. The van der Waals surface area contributed by atoms with Crippen molar-refractivity contribution >= 4 is 0 Å². The zero-order chi connectivity index (χ0) is 11.4. The van der Waals surface area contributed by atoms with Crippen molar-refractivity contribution in [2.24, 2.45) is 0 Å². The van der Waals surface area contributed by atoms with Crippen molar-refractivity contribution in [3.63, 3.8) is 0 Å². The van der Waals surface area contributed by atoms with Crippen molar-refractivity contribution in [1.82, 2.24) is 9.80 Å². The maximum Gasteiger partial charge on any atom is 0.0191 e. The Hall–Kier alpha value is -1.70. The first-order valence-corrected chi connectivity index (χ1v) is 5.82. The molecular weight excluding hydrogens is 196 g/mol. The fourth-order valence-corrected chi connectivity index (χ4v) is 1.72. The summed E-state index contributed by atoms with van der Waals surface area (Å²) in [5.41, 5.74) is 2.54. The normalized spacial score (nSPS) is 18.9. The van der Waals surface area contributed by atoms with Gasteiger partial charge in [0.25, 0.3) is 0 Å². The van der Waals surface area contributed by atoms with Crippen LogP contribution in [0.25, 0.3) is 0 Å². The van der Waals surface area contributed by atoms with Gasteiger partial charge in [-0.05, 0) is 49.3 Å². The molecule has 2 nitrogen and oxygen atoms in total. The van der Waals surface area contributed by atoms with Gasteiger partial charge in [-0.2, -0.15) is 0 Å². The fraction of sp³-hybridized carbons (Fsp3) is 0.286. The van der Waals surface area contributed by atoms with Crippen molar-refractivity contribution < 1.29 is 0 Å². The third-order valence-corrected chi connectivity index (χ3v) is 2.85. The lowest BCUT2D eigenvalue weighted by Gasteiger charge is -2.19. The van der Waals surface area contributed by atoms with E-state index in [1.165, 1.54) is 11.1 Å².